The molecule has 0 bridgehead atoms. The number of rotatable bonds is 7. The maximum absolute atomic E-state index is 6.04. The van der Waals surface area contributed by atoms with Crippen LogP contribution in [-0.2, 0) is 54.4 Å². The fourth-order valence-electron chi connectivity index (χ4n) is 13.0. The van der Waals surface area contributed by atoms with Crippen molar-refractivity contribution in [2.45, 2.75) is 167 Å². The molecule has 0 saturated carbocycles. The van der Waals surface area contributed by atoms with Crippen molar-refractivity contribution in [3.05, 3.63) is 294 Å². The van der Waals surface area contributed by atoms with Gasteiger partial charge in [-0.2, -0.15) is 0 Å². The average molecular weight is 1440 g/mol. The summed E-state index contributed by atoms with van der Waals surface area (Å²) in [7, 11) is 3.61. The summed E-state index contributed by atoms with van der Waals surface area (Å²) in [5.41, 5.74) is 5.94. The summed E-state index contributed by atoms with van der Waals surface area (Å²) in [6.45, 7) is 21.9. The van der Waals surface area contributed by atoms with Crippen LogP contribution in [0.5, 0.6) is 17.2 Å². The van der Waals surface area contributed by atoms with Crippen LogP contribution in [0.1, 0.15) is 135 Å². The fraction of sp³-hybridized carbons (Fsp3) is 0.304. The molecule has 518 valence electrons. The van der Waals surface area contributed by atoms with Crippen LogP contribution in [0.3, 0.4) is 0 Å². The molecule has 0 N–H and O–H groups in total. The van der Waals surface area contributed by atoms with Crippen molar-refractivity contribution in [3.8, 4) is 27.0 Å². The first-order valence-corrected chi connectivity index (χ1v) is 44.8. The number of methoxy groups -OCH3 is 1. The lowest BCUT2D eigenvalue weighted by molar-refractivity contribution is 0.408. The summed E-state index contributed by atoms with van der Waals surface area (Å²) in [6.07, 6.45) is 12.9. The highest BCUT2D eigenvalue weighted by Crippen LogP contribution is 2.47. The van der Waals surface area contributed by atoms with Gasteiger partial charge >= 0.3 is 0 Å². The van der Waals surface area contributed by atoms with E-state index in [1.807, 2.05) is 38.1 Å². The number of fused-ring (bicyclic) bond motifs is 4. The highest BCUT2D eigenvalue weighted by Gasteiger charge is 2.39. The molecule has 0 radical (unpaired) electrons. The van der Waals surface area contributed by atoms with Crippen molar-refractivity contribution in [2.24, 2.45) is 0 Å². The lowest BCUT2D eigenvalue weighted by Gasteiger charge is -2.19. The molecule has 12 aromatic rings. The van der Waals surface area contributed by atoms with Crippen LogP contribution in [0.2, 0.25) is 0 Å². The van der Waals surface area contributed by atoms with Crippen molar-refractivity contribution >= 4 is 84.7 Å². The molecule has 2 atom stereocenters. The largest absolute Gasteiger partial charge is 0.496 e. The van der Waals surface area contributed by atoms with E-state index in [1.54, 1.807) is 21.8 Å². The van der Waals surface area contributed by atoms with Gasteiger partial charge < -0.3 is 9.47 Å². The summed E-state index contributed by atoms with van der Waals surface area (Å²) in [6, 6.07) is 94.0. The third-order valence-electron chi connectivity index (χ3n) is 18.3. The Morgan fingerprint density at radius 2 is 0.640 bits per heavy atom. The van der Waals surface area contributed by atoms with Crippen LogP contribution in [0, 0.1) is 13.8 Å². The van der Waals surface area contributed by atoms with Gasteiger partial charge in [0.05, 0.1) is 7.11 Å². The van der Waals surface area contributed by atoms with E-state index in [9.17, 15) is 0 Å². The van der Waals surface area contributed by atoms with E-state index < -0.39 is 0 Å². The van der Waals surface area contributed by atoms with Crippen molar-refractivity contribution in [3.63, 3.8) is 0 Å². The highest BCUT2D eigenvalue weighted by molar-refractivity contribution is 7.98. The minimum atomic E-state index is -0.0829. The van der Waals surface area contributed by atoms with Gasteiger partial charge in [-0.25, -0.2) is 0 Å². The summed E-state index contributed by atoms with van der Waals surface area (Å²) in [4.78, 5) is 11.4. The first-order chi connectivity index (χ1) is 48.7. The number of para-hydroxylation sites is 2. The Hall–Kier alpha value is -6.88. The normalized spacial score (nSPS) is 15.0. The molecule has 16 rings (SSSR count). The van der Waals surface area contributed by atoms with Crippen LogP contribution in [0.4, 0.5) is 0 Å². The van der Waals surface area contributed by atoms with Gasteiger partial charge in [0.15, 0.2) is 50.3 Å². The van der Waals surface area contributed by atoms with Crippen LogP contribution in [0.25, 0.3) is 30.0 Å². The number of aryl methyl sites for hydroxylation is 2. The molecule has 2 nitrogen and oxygen atoms in total. The van der Waals surface area contributed by atoms with Crippen molar-refractivity contribution < 1.29 is 9.47 Å². The predicted octanol–water partition coefficient (Wildman–Crippen LogP) is 26.8. The second kappa shape index (κ2) is 37.9. The monoisotopic (exact) mass is 1440 g/mol. The lowest BCUT2D eigenvalue weighted by atomic mass is 9.87. The molecule has 2 aromatic heterocycles. The molecule has 8 heteroatoms. The van der Waals surface area contributed by atoms with E-state index in [2.05, 4.69) is 303 Å². The maximum Gasteiger partial charge on any atom is 0.209 e. The molecule has 3 fully saturated rings. The number of hydrogen-bond acceptors (Lipinski definition) is 2. The van der Waals surface area contributed by atoms with Gasteiger partial charge in [0, 0.05) is 76.5 Å². The van der Waals surface area contributed by atoms with Crippen LogP contribution < -0.4 is 9.47 Å². The Balaban J connectivity index is 0.000000130. The van der Waals surface area contributed by atoms with Crippen LogP contribution in [-0.4, -0.2) is 41.6 Å². The topological polar surface area (TPSA) is 18.5 Å². The smallest absolute Gasteiger partial charge is 0.209 e. The molecule has 0 spiro atoms. The van der Waals surface area contributed by atoms with E-state index >= 15 is 0 Å². The van der Waals surface area contributed by atoms with Gasteiger partial charge in [-0.3, -0.25) is 0 Å². The number of thiophene rings is 2. The fourth-order valence-corrected chi connectivity index (χ4v) is 26.1. The molecule has 0 amide bonds. The zero-order valence-electron chi connectivity index (χ0n) is 61.4. The van der Waals surface area contributed by atoms with Gasteiger partial charge in [-0.1, -0.05) is 183 Å². The SMILES string of the molecule is CC.CC(C)(C)c1ccc(-[s+]2ccc3ccccc32)cc1.CC(C)(C)c1ccc([S+]2CCCCC2)cc1.COc1c(C)cc([S+]2CCCCC2)cc1C.c1ccc(-[s+]2ccc3ccccc32)cc1.c1ccc([S+]2CCCCC2)cc1.c1ccc([S+]2c3ccccc3Oc3ccccc32)cc1. The highest BCUT2D eigenvalue weighted by atomic mass is 32.2. The van der Waals surface area contributed by atoms with E-state index in [-0.39, 0.29) is 42.7 Å². The zero-order chi connectivity index (χ0) is 70.3. The third-order valence-corrected chi connectivity index (χ3v) is 32.2. The Bertz CT molecular complexity index is 4300. The molecule has 0 aliphatic carbocycles. The average Bonchev–Trinajstić information content (AvgIpc) is 1.01. The zero-order valence-corrected chi connectivity index (χ0v) is 66.3. The Labute approximate surface area is 618 Å². The predicted molar refractivity (Wildman–Crippen MR) is 449 cm³/mol. The Morgan fingerprint density at radius 1 is 0.320 bits per heavy atom. The quantitative estimate of drug-likeness (QED) is 0.148. The summed E-state index contributed by atoms with van der Waals surface area (Å²) >= 11 is 0. The molecular weight excluding hydrogens is 1330 g/mol. The maximum atomic E-state index is 6.04. The van der Waals surface area contributed by atoms with E-state index in [1.165, 1.54) is 159 Å². The van der Waals surface area contributed by atoms with E-state index in [0.717, 1.165) is 17.2 Å². The number of benzene rings is 10. The molecular formula is C92H108O2S6+6. The van der Waals surface area contributed by atoms with Crippen molar-refractivity contribution in [1.29, 1.82) is 0 Å². The van der Waals surface area contributed by atoms with Gasteiger partial charge in [0.25, 0.3) is 0 Å². The second-order valence-corrected chi connectivity index (χ2v) is 40.1. The molecule has 10 aromatic carbocycles. The summed E-state index contributed by atoms with van der Waals surface area (Å²) < 4.78 is 14.4. The van der Waals surface area contributed by atoms with Gasteiger partial charge in [-0.05, 0) is 226 Å². The minimum absolute atomic E-state index is 0.0829. The molecule has 100 heavy (non-hydrogen) atoms. The van der Waals surface area contributed by atoms with Gasteiger partial charge in [0.2, 0.25) is 9.79 Å². The first kappa shape index (κ1) is 75.8. The van der Waals surface area contributed by atoms with Crippen LogP contribution >= 0.6 is 20.9 Å². The minimum Gasteiger partial charge on any atom is -0.496 e. The Kier molecular flexibility index (Phi) is 28.7. The van der Waals surface area contributed by atoms with Gasteiger partial charge in [-0.15, -0.1) is 0 Å². The van der Waals surface area contributed by atoms with Crippen molar-refractivity contribution in [2.75, 3.05) is 41.6 Å². The molecule has 2 unspecified atom stereocenters. The summed E-state index contributed by atoms with van der Waals surface area (Å²) in [5, 5.41) is 7.37. The van der Waals surface area contributed by atoms with Crippen molar-refractivity contribution in [1.82, 2.24) is 0 Å². The molecule has 3 saturated heterocycles. The molecule has 4 aliphatic rings. The number of ether oxygens (including phenoxy) is 2. The molecule has 4 aliphatic heterocycles. The van der Waals surface area contributed by atoms with E-state index in [4.69, 9.17) is 9.47 Å². The lowest BCUT2D eigenvalue weighted by Crippen LogP contribution is -2.18. The third kappa shape index (κ3) is 20.7. The first-order valence-electron chi connectivity index (χ1n) is 36.3. The van der Waals surface area contributed by atoms with Gasteiger partial charge in [0.1, 0.15) is 61.9 Å². The summed E-state index contributed by atoms with van der Waals surface area (Å²) in [5.74, 6) is 11.5. The second-order valence-electron chi connectivity index (χ2n) is 27.6. The Morgan fingerprint density at radius 3 is 1.04 bits per heavy atom. The standard InChI is InChI=1S/C18H13OS.C18H19S.C15H23S.C14H21OS.C14H11S.C11H15S.C2H6/c1-2-8-14(9-3-1)20-17-12-6-4-10-15(17)19-16-11-5-7-13-18(16)20;1-18(2,3)15-8-10-16(11-9-15)19-13-12-14-6-4-5-7-17(14)19;1-15(2,3)13-7-9-14(10-8-13)16-11-5-4-6-12-16;1-11-9-13(10-12(2)14(11)15-3)16-7-5-4-6-8-16;1-2-7-13(8-3-1)15-11-10-12-6-4-5-9-14(12)15;1-3-7-11(8-4-1)12-9-5-2-6-10-12;1-2/h1-13H;4-13H,1-3H3;7-10H,4-6,11-12H2,1-3H3;9-10H,4-8H2,1-3H3;1-11H;1,3-4,7-8H,2,5-6,9-10H2;1-2H3/q6*+1;. The van der Waals surface area contributed by atoms with Crippen LogP contribution in [0.15, 0.2) is 301 Å². The molecule has 6 heterocycles. The van der Waals surface area contributed by atoms with E-state index in [0.29, 0.717) is 32.7 Å². The number of hydrogen-bond donors (Lipinski definition) is 0.